The molecule has 2 aromatic rings. The van der Waals surface area contributed by atoms with Crippen LogP contribution in [0.25, 0.3) is 0 Å². The van der Waals surface area contributed by atoms with Gasteiger partial charge in [-0.1, -0.05) is 30.3 Å². The Hall–Kier alpha value is -2.56. The maximum Gasteiger partial charge on any atom is 0.354 e. The number of carbonyl (C=O) groups excluding carboxylic acids is 2. The van der Waals surface area contributed by atoms with Gasteiger partial charge in [0.25, 0.3) is 0 Å². The first kappa shape index (κ1) is 16.8. The van der Waals surface area contributed by atoms with E-state index in [0.29, 0.717) is 5.69 Å². The molecular weight excluding hydrogens is 294 g/mol. The van der Waals surface area contributed by atoms with E-state index in [0.717, 1.165) is 5.56 Å². The Balaban J connectivity index is 2.08. The van der Waals surface area contributed by atoms with Crippen LogP contribution in [0.15, 0.2) is 48.7 Å². The minimum Gasteiger partial charge on any atom is -0.469 e. The zero-order valence-corrected chi connectivity index (χ0v) is 13.6. The molecule has 0 unspecified atom stereocenters. The van der Waals surface area contributed by atoms with Gasteiger partial charge in [-0.2, -0.15) is 0 Å². The van der Waals surface area contributed by atoms with Crippen LogP contribution in [0.4, 0.5) is 0 Å². The lowest BCUT2D eigenvalue weighted by Crippen LogP contribution is -2.22. The molecule has 0 bridgehead atoms. The fourth-order valence-electron chi connectivity index (χ4n) is 2.34. The predicted molar refractivity (Wildman–Crippen MR) is 86.1 cm³/mol. The summed E-state index contributed by atoms with van der Waals surface area (Å²) in [5.74, 6) is -1.33. The zero-order chi connectivity index (χ0) is 16.8. The van der Waals surface area contributed by atoms with Crippen LogP contribution in [0.1, 0.15) is 35.9 Å². The monoisotopic (exact) mass is 315 g/mol. The normalized spacial score (nSPS) is 13.2. The lowest BCUT2D eigenvalue weighted by molar-refractivity contribution is -0.146. The fraction of sp³-hybridized carbons (Fsp3) is 0.333. The molecule has 0 aliphatic carbocycles. The molecule has 122 valence electrons. The SMILES string of the molecule is COC(=O)[C@@H](C)COC(=O)c1cccn1[C@H](C)c1ccccc1. The maximum atomic E-state index is 12.3. The summed E-state index contributed by atoms with van der Waals surface area (Å²) in [5.41, 5.74) is 1.55. The molecule has 2 atom stereocenters. The molecule has 0 aliphatic heterocycles. The van der Waals surface area contributed by atoms with E-state index in [2.05, 4.69) is 4.74 Å². The van der Waals surface area contributed by atoms with Gasteiger partial charge in [0.15, 0.2) is 0 Å². The molecule has 0 saturated heterocycles. The number of benzene rings is 1. The van der Waals surface area contributed by atoms with Crippen molar-refractivity contribution in [3.63, 3.8) is 0 Å². The Morgan fingerprint density at radius 2 is 1.78 bits per heavy atom. The molecule has 0 amide bonds. The predicted octanol–water partition coefficient (Wildman–Crippen LogP) is 3.06. The number of hydrogen-bond donors (Lipinski definition) is 0. The van der Waals surface area contributed by atoms with Crippen LogP contribution in [-0.4, -0.2) is 30.2 Å². The quantitative estimate of drug-likeness (QED) is 0.769. The number of carbonyl (C=O) groups is 2. The molecule has 0 saturated carbocycles. The van der Waals surface area contributed by atoms with Crippen molar-refractivity contribution < 1.29 is 19.1 Å². The third-order valence-electron chi connectivity index (χ3n) is 3.76. The van der Waals surface area contributed by atoms with Crippen molar-refractivity contribution in [1.82, 2.24) is 4.57 Å². The van der Waals surface area contributed by atoms with Gasteiger partial charge in [0.2, 0.25) is 0 Å². The van der Waals surface area contributed by atoms with E-state index in [4.69, 9.17) is 4.74 Å². The summed E-state index contributed by atoms with van der Waals surface area (Å²) in [6, 6.07) is 13.4. The number of hydrogen-bond acceptors (Lipinski definition) is 4. The molecule has 2 rings (SSSR count). The van der Waals surface area contributed by atoms with E-state index in [-0.39, 0.29) is 12.6 Å². The summed E-state index contributed by atoms with van der Waals surface area (Å²) >= 11 is 0. The molecule has 0 aliphatic rings. The minimum absolute atomic E-state index is 0.00357. The van der Waals surface area contributed by atoms with Gasteiger partial charge < -0.3 is 14.0 Å². The van der Waals surface area contributed by atoms with E-state index < -0.39 is 17.9 Å². The van der Waals surface area contributed by atoms with Gasteiger partial charge >= 0.3 is 11.9 Å². The Morgan fingerprint density at radius 1 is 1.09 bits per heavy atom. The molecule has 1 aromatic carbocycles. The molecule has 1 aromatic heterocycles. The van der Waals surface area contributed by atoms with Gasteiger partial charge in [-0.25, -0.2) is 4.79 Å². The van der Waals surface area contributed by atoms with Gasteiger partial charge in [-0.15, -0.1) is 0 Å². The average Bonchev–Trinajstić information content (AvgIpc) is 3.08. The van der Waals surface area contributed by atoms with Crippen molar-refractivity contribution in [1.29, 1.82) is 0 Å². The third kappa shape index (κ3) is 4.00. The van der Waals surface area contributed by atoms with Gasteiger partial charge in [0, 0.05) is 6.20 Å². The summed E-state index contributed by atoms with van der Waals surface area (Å²) in [6.07, 6.45) is 1.85. The second-order valence-electron chi connectivity index (χ2n) is 5.41. The van der Waals surface area contributed by atoms with Gasteiger partial charge in [-0.05, 0) is 31.5 Å². The summed E-state index contributed by atoms with van der Waals surface area (Å²) < 4.78 is 11.7. The molecule has 0 N–H and O–H groups in total. The highest BCUT2D eigenvalue weighted by Crippen LogP contribution is 2.20. The van der Waals surface area contributed by atoms with E-state index >= 15 is 0 Å². The van der Waals surface area contributed by atoms with Crippen molar-refractivity contribution in [3.05, 3.63) is 59.9 Å². The topological polar surface area (TPSA) is 57.5 Å². The molecule has 0 spiro atoms. The van der Waals surface area contributed by atoms with Crippen LogP contribution in [0, 0.1) is 5.92 Å². The number of methoxy groups -OCH3 is 1. The lowest BCUT2D eigenvalue weighted by Gasteiger charge is -2.18. The van der Waals surface area contributed by atoms with Gasteiger partial charge in [0.05, 0.1) is 19.1 Å². The van der Waals surface area contributed by atoms with Crippen LogP contribution in [0.5, 0.6) is 0 Å². The highest BCUT2D eigenvalue weighted by molar-refractivity contribution is 5.88. The second kappa shape index (κ2) is 7.63. The molecule has 1 heterocycles. The molecule has 5 heteroatoms. The molecule has 5 nitrogen and oxygen atoms in total. The fourth-order valence-corrected chi connectivity index (χ4v) is 2.34. The second-order valence-corrected chi connectivity index (χ2v) is 5.41. The Morgan fingerprint density at radius 3 is 2.43 bits per heavy atom. The largest absolute Gasteiger partial charge is 0.469 e. The molecule has 0 fully saturated rings. The number of esters is 2. The number of ether oxygens (including phenoxy) is 2. The van der Waals surface area contributed by atoms with Crippen molar-refractivity contribution in [2.45, 2.75) is 19.9 Å². The van der Waals surface area contributed by atoms with Crippen molar-refractivity contribution in [2.75, 3.05) is 13.7 Å². The Bertz CT molecular complexity index is 663. The number of nitrogens with zero attached hydrogens (tertiary/aromatic N) is 1. The first-order valence-electron chi connectivity index (χ1n) is 7.51. The minimum atomic E-state index is -0.487. The summed E-state index contributed by atoms with van der Waals surface area (Å²) in [6.45, 7) is 3.67. The standard InChI is InChI=1S/C18H21NO4/c1-13(17(20)22-3)12-23-18(21)16-10-7-11-19(16)14(2)15-8-5-4-6-9-15/h4-11,13-14H,12H2,1-3H3/t13-,14+/m0/s1. The number of aromatic nitrogens is 1. The lowest BCUT2D eigenvalue weighted by atomic mass is 10.1. The highest BCUT2D eigenvalue weighted by Gasteiger charge is 2.20. The first-order valence-corrected chi connectivity index (χ1v) is 7.51. The van der Waals surface area contributed by atoms with Crippen molar-refractivity contribution >= 4 is 11.9 Å². The van der Waals surface area contributed by atoms with Crippen LogP contribution in [0.2, 0.25) is 0 Å². The average molecular weight is 315 g/mol. The summed E-state index contributed by atoms with van der Waals surface area (Å²) in [5, 5.41) is 0. The maximum absolute atomic E-state index is 12.3. The summed E-state index contributed by atoms with van der Waals surface area (Å²) in [7, 11) is 1.31. The van der Waals surface area contributed by atoms with E-state index in [1.807, 2.05) is 48.0 Å². The van der Waals surface area contributed by atoms with E-state index in [9.17, 15) is 9.59 Å². The molecule has 0 radical (unpaired) electrons. The van der Waals surface area contributed by atoms with Crippen LogP contribution < -0.4 is 0 Å². The van der Waals surface area contributed by atoms with Crippen molar-refractivity contribution in [3.8, 4) is 0 Å². The van der Waals surface area contributed by atoms with Crippen LogP contribution in [-0.2, 0) is 14.3 Å². The van der Waals surface area contributed by atoms with Gasteiger partial charge in [0.1, 0.15) is 12.3 Å². The van der Waals surface area contributed by atoms with Gasteiger partial charge in [-0.3, -0.25) is 4.79 Å². The van der Waals surface area contributed by atoms with Crippen LogP contribution in [0.3, 0.4) is 0 Å². The Kier molecular flexibility index (Phi) is 5.57. The first-order chi connectivity index (χ1) is 11.0. The molecule has 23 heavy (non-hydrogen) atoms. The zero-order valence-electron chi connectivity index (χ0n) is 13.6. The van der Waals surface area contributed by atoms with Crippen LogP contribution >= 0.6 is 0 Å². The van der Waals surface area contributed by atoms with Crippen molar-refractivity contribution in [2.24, 2.45) is 5.92 Å². The smallest absolute Gasteiger partial charge is 0.354 e. The van der Waals surface area contributed by atoms with E-state index in [1.165, 1.54) is 7.11 Å². The highest BCUT2D eigenvalue weighted by atomic mass is 16.5. The Labute approximate surface area is 135 Å². The molecular formula is C18H21NO4. The third-order valence-corrected chi connectivity index (χ3v) is 3.76. The summed E-state index contributed by atoms with van der Waals surface area (Å²) in [4.78, 5) is 23.6. The van der Waals surface area contributed by atoms with E-state index in [1.54, 1.807) is 19.1 Å². The number of rotatable bonds is 6.